The van der Waals surface area contributed by atoms with E-state index in [9.17, 15) is 9.90 Å². The molecule has 0 saturated carbocycles. The number of piperidine rings is 1. The van der Waals surface area contributed by atoms with E-state index in [-0.39, 0.29) is 12.2 Å². The van der Waals surface area contributed by atoms with E-state index in [2.05, 4.69) is 24.0 Å². The van der Waals surface area contributed by atoms with E-state index in [4.69, 9.17) is 20.8 Å². The lowest BCUT2D eigenvalue weighted by Crippen LogP contribution is -2.57. The summed E-state index contributed by atoms with van der Waals surface area (Å²) in [6.07, 6.45) is 3.12. The van der Waals surface area contributed by atoms with Crippen molar-refractivity contribution in [2.24, 2.45) is 11.7 Å². The molecule has 7 nitrogen and oxygen atoms in total. The van der Waals surface area contributed by atoms with Crippen molar-refractivity contribution in [2.75, 3.05) is 18.0 Å². The zero-order chi connectivity index (χ0) is 20.3. The molecule has 0 aliphatic carbocycles. The second kappa shape index (κ2) is 8.77. The Hall–Kier alpha value is -1.68. The van der Waals surface area contributed by atoms with Gasteiger partial charge in [-0.25, -0.2) is 4.98 Å². The summed E-state index contributed by atoms with van der Waals surface area (Å²) in [4.78, 5) is 18.9. The highest BCUT2D eigenvalue weighted by molar-refractivity contribution is 7.22. The molecule has 1 aromatic carbocycles. The number of rotatable bonds is 8. The third-order valence-corrected chi connectivity index (χ3v) is 6.81. The summed E-state index contributed by atoms with van der Waals surface area (Å²) < 4.78 is 1.17. The van der Waals surface area contributed by atoms with E-state index in [0.29, 0.717) is 32.1 Å². The first-order chi connectivity index (χ1) is 13.3. The second-order valence-electron chi connectivity index (χ2n) is 7.80. The lowest BCUT2D eigenvalue weighted by molar-refractivity contribution is -0.146. The highest BCUT2D eigenvalue weighted by Gasteiger charge is 2.43. The van der Waals surface area contributed by atoms with E-state index < -0.39 is 18.6 Å². The second-order valence-corrected chi connectivity index (χ2v) is 8.81. The molecule has 1 saturated heterocycles. The van der Waals surface area contributed by atoms with Gasteiger partial charge in [-0.1, -0.05) is 30.2 Å². The van der Waals surface area contributed by atoms with Crippen LogP contribution >= 0.6 is 11.3 Å². The van der Waals surface area contributed by atoms with Crippen molar-refractivity contribution in [3.8, 4) is 0 Å². The van der Waals surface area contributed by atoms with Crippen LogP contribution < -0.4 is 10.6 Å². The minimum absolute atomic E-state index is 0.100. The number of carboxylic acid groups (broad SMARTS) is 1. The number of benzene rings is 1. The van der Waals surface area contributed by atoms with Gasteiger partial charge in [-0.05, 0) is 56.1 Å². The number of unbranched alkanes of at least 4 members (excludes halogenated alkanes) is 1. The molecule has 1 aliphatic rings. The van der Waals surface area contributed by atoms with Crippen LogP contribution in [0.1, 0.15) is 37.7 Å². The van der Waals surface area contributed by atoms with Gasteiger partial charge in [0.25, 0.3) is 0 Å². The van der Waals surface area contributed by atoms with Crippen LogP contribution in [0.4, 0.5) is 5.13 Å². The van der Waals surface area contributed by atoms with Crippen LogP contribution in [0.2, 0.25) is 6.32 Å². The average Bonchev–Trinajstić information content (AvgIpc) is 3.08. The van der Waals surface area contributed by atoms with Crippen LogP contribution in [0.5, 0.6) is 0 Å². The first-order valence-corrected chi connectivity index (χ1v) is 10.6. The molecule has 0 amide bonds. The number of thiazole rings is 1. The molecule has 1 atom stereocenters. The third-order valence-electron chi connectivity index (χ3n) is 5.73. The fraction of sp³-hybridized carbons (Fsp3) is 0.579. The first-order valence-electron chi connectivity index (χ1n) is 9.80. The predicted molar refractivity (Wildman–Crippen MR) is 113 cm³/mol. The summed E-state index contributed by atoms with van der Waals surface area (Å²) in [5.41, 5.74) is 7.28. The Bertz CT molecular complexity index is 823. The molecule has 1 unspecified atom stereocenters. The van der Waals surface area contributed by atoms with Gasteiger partial charge < -0.3 is 25.8 Å². The Kier molecular flexibility index (Phi) is 6.59. The maximum Gasteiger partial charge on any atom is 0.451 e. The maximum absolute atomic E-state index is 11.9. The number of aryl methyl sites for hydroxylation is 1. The molecular weight excluding hydrogens is 377 g/mol. The molecule has 0 bridgehead atoms. The van der Waals surface area contributed by atoms with Gasteiger partial charge >= 0.3 is 13.1 Å². The molecule has 1 aliphatic heterocycles. The van der Waals surface area contributed by atoms with E-state index in [1.807, 2.05) is 6.07 Å². The van der Waals surface area contributed by atoms with E-state index in [1.165, 1.54) is 10.3 Å². The van der Waals surface area contributed by atoms with Gasteiger partial charge in [-0.15, -0.1) is 0 Å². The van der Waals surface area contributed by atoms with Crippen LogP contribution in [-0.2, 0) is 4.79 Å². The zero-order valence-corrected chi connectivity index (χ0v) is 17.0. The van der Waals surface area contributed by atoms with E-state index in [0.717, 1.165) is 23.7 Å². The lowest BCUT2D eigenvalue weighted by atomic mass is 9.74. The molecular formula is C19H28BN3O4S. The van der Waals surface area contributed by atoms with E-state index >= 15 is 0 Å². The quantitative estimate of drug-likeness (QED) is 0.393. The van der Waals surface area contributed by atoms with Crippen molar-refractivity contribution in [3.05, 3.63) is 23.8 Å². The number of fused-ring (bicyclic) bond motifs is 1. The van der Waals surface area contributed by atoms with Crippen molar-refractivity contribution in [1.82, 2.24) is 4.98 Å². The monoisotopic (exact) mass is 405 g/mol. The predicted octanol–water partition coefficient (Wildman–Crippen LogP) is 2.25. The summed E-state index contributed by atoms with van der Waals surface area (Å²) in [7, 11) is -1.35. The molecule has 0 radical (unpaired) electrons. The standard InChI is InChI=1S/C19H28BN3O4S/c1-13-4-5-15-16(12-13)28-18(22-15)23-10-6-14(7-11-23)19(21,17(24)25)8-2-3-9-20(26)27/h4-5,12,14,26-27H,2-3,6-11,21H2,1H3,(H,24,25). The van der Waals surface area contributed by atoms with Gasteiger partial charge in [0.05, 0.1) is 10.2 Å². The third kappa shape index (κ3) is 4.65. The van der Waals surface area contributed by atoms with Gasteiger partial charge in [0.1, 0.15) is 5.54 Å². The number of aliphatic carboxylic acids is 1. The molecule has 0 spiro atoms. The van der Waals surface area contributed by atoms with Crippen LogP contribution in [0.25, 0.3) is 10.2 Å². The van der Waals surface area contributed by atoms with Crippen molar-refractivity contribution in [1.29, 1.82) is 0 Å². The number of anilines is 1. The lowest BCUT2D eigenvalue weighted by Gasteiger charge is -2.40. The van der Waals surface area contributed by atoms with Crippen LogP contribution in [0.15, 0.2) is 18.2 Å². The normalized spacial score (nSPS) is 17.6. The van der Waals surface area contributed by atoms with Gasteiger partial charge in [-0.3, -0.25) is 4.79 Å². The fourth-order valence-corrected chi connectivity index (χ4v) is 5.09. The van der Waals surface area contributed by atoms with Crippen molar-refractivity contribution >= 4 is 39.8 Å². The SMILES string of the molecule is Cc1ccc2nc(N3CCC(C(N)(CCCCB(O)O)C(=O)O)CC3)sc2c1. The summed E-state index contributed by atoms with van der Waals surface area (Å²) in [5, 5.41) is 28.6. The molecule has 152 valence electrons. The largest absolute Gasteiger partial charge is 0.480 e. The Morgan fingerprint density at radius 1 is 1.36 bits per heavy atom. The number of hydrogen-bond acceptors (Lipinski definition) is 7. The molecule has 3 rings (SSSR count). The van der Waals surface area contributed by atoms with Gasteiger partial charge in [0, 0.05) is 13.1 Å². The number of hydrogen-bond donors (Lipinski definition) is 4. The smallest absolute Gasteiger partial charge is 0.451 e. The van der Waals surface area contributed by atoms with Crippen molar-refractivity contribution in [2.45, 2.75) is 50.9 Å². The van der Waals surface area contributed by atoms with Crippen LogP contribution in [0, 0.1) is 12.8 Å². The Morgan fingerprint density at radius 2 is 2.07 bits per heavy atom. The number of carboxylic acids is 1. The van der Waals surface area contributed by atoms with Gasteiger partial charge in [0.2, 0.25) is 0 Å². The molecule has 9 heteroatoms. The van der Waals surface area contributed by atoms with Gasteiger partial charge in [0.15, 0.2) is 5.13 Å². The summed E-state index contributed by atoms with van der Waals surface area (Å²) in [5.74, 6) is -1.07. The summed E-state index contributed by atoms with van der Waals surface area (Å²) in [6.45, 7) is 3.55. The topological polar surface area (TPSA) is 120 Å². The van der Waals surface area contributed by atoms with Crippen LogP contribution in [0.3, 0.4) is 0 Å². The molecule has 1 aromatic heterocycles. The molecule has 5 N–H and O–H groups in total. The minimum atomic E-state index is -1.35. The number of nitrogens with zero attached hydrogens (tertiary/aromatic N) is 2. The first kappa shape index (κ1) is 21.0. The highest BCUT2D eigenvalue weighted by atomic mass is 32.1. The molecule has 1 fully saturated rings. The number of carbonyl (C=O) groups is 1. The maximum atomic E-state index is 11.9. The summed E-state index contributed by atoms with van der Waals surface area (Å²) >= 11 is 1.67. The molecule has 2 heterocycles. The zero-order valence-electron chi connectivity index (χ0n) is 16.2. The average molecular weight is 405 g/mol. The van der Waals surface area contributed by atoms with Crippen LogP contribution in [-0.4, -0.2) is 51.9 Å². The fourth-order valence-electron chi connectivity index (χ4n) is 3.97. The minimum Gasteiger partial charge on any atom is -0.480 e. The Labute approximate surface area is 169 Å². The van der Waals surface area contributed by atoms with E-state index in [1.54, 1.807) is 11.3 Å². The van der Waals surface area contributed by atoms with Crippen molar-refractivity contribution in [3.63, 3.8) is 0 Å². The Balaban J connectivity index is 1.62. The number of aromatic nitrogens is 1. The van der Waals surface area contributed by atoms with Gasteiger partial charge in [-0.2, -0.15) is 0 Å². The number of nitrogens with two attached hydrogens (primary N) is 1. The summed E-state index contributed by atoms with van der Waals surface area (Å²) in [6, 6.07) is 6.24. The van der Waals surface area contributed by atoms with Crippen molar-refractivity contribution < 1.29 is 19.9 Å². The molecule has 2 aromatic rings. The highest BCUT2D eigenvalue weighted by Crippen LogP contribution is 2.35. The Morgan fingerprint density at radius 3 is 2.71 bits per heavy atom. The molecule has 28 heavy (non-hydrogen) atoms.